The minimum atomic E-state index is -0.0232. The first kappa shape index (κ1) is 14.4. The van der Waals surface area contributed by atoms with Crippen molar-refractivity contribution in [3.05, 3.63) is 47.6 Å². The lowest BCUT2D eigenvalue weighted by atomic mass is 10.0. The molecule has 0 unspecified atom stereocenters. The Hall–Kier alpha value is -1.97. The first-order chi connectivity index (χ1) is 9.75. The highest BCUT2D eigenvalue weighted by atomic mass is 16.5. The van der Waals surface area contributed by atoms with Crippen LogP contribution in [0.4, 0.5) is 0 Å². The van der Waals surface area contributed by atoms with E-state index < -0.39 is 0 Å². The number of carbonyl (C=O) groups excluding carboxylic acids is 1. The third-order valence-corrected chi connectivity index (χ3v) is 3.24. The zero-order valence-corrected chi connectivity index (χ0v) is 11.8. The van der Waals surface area contributed by atoms with Gasteiger partial charge in [0, 0.05) is 13.3 Å². The molecule has 1 aromatic carbocycles. The van der Waals surface area contributed by atoms with E-state index in [0.29, 0.717) is 12.3 Å². The first-order valence-electron chi connectivity index (χ1n) is 7.13. The number of aromatic nitrogens is 2. The molecule has 0 saturated carbocycles. The van der Waals surface area contributed by atoms with E-state index in [1.54, 1.807) is 6.92 Å². The molecule has 0 aliphatic heterocycles. The zero-order chi connectivity index (χ0) is 14.2. The molecular formula is C16H20N2O2. The van der Waals surface area contributed by atoms with Gasteiger partial charge in [-0.15, -0.1) is 0 Å². The summed E-state index contributed by atoms with van der Waals surface area (Å²) in [5.74, 6) is 0.632. The summed E-state index contributed by atoms with van der Waals surface area (Å²) in [7, 11) is 0. The summed E-state index contributed by atoms with van der Waals surface area (Å²) in [6.45, 7) is 1.69. The van der Waals surface area contributed by atoms with Crippen molar-refractivity contribution < 1.29 is 9.32 Å². The molecule has 0 saturated heterocycles. The molecule has 0 aliphatic rings. The van der Waals surface area contributed by atoms with Crippen molar-refractivity contribution in [2.75, 3.05) is 0 Å². The fraction of sp³-hybridized carbons (Fsp3) is 0.438. The second-order valence-corrected chi connectivity index (χ2v) is 4.96. The molecule has 0 aliphatic carbocycles. The van der Waals surface area contributed by atoms with Crippen LogP contribution in [0.3, 0.4) is 0 Å². The number of hydrogen-bond donors (Lipinski definition) is 0. The van der Waals surface area contributed by atoms with E-state index in [-0.39, 0.29) is 11.6 Å². The summed E-state index contributed by atoms with van der Waals surface area (Å²) < 4.78 is 4.80. The Morgan fingerprint density at radius 1 is 1.10 bits per heavy atom. The Bertz CT molecular complexity index is 534. The van der Waals surface area contributed by atoms with E-state index >= 15 is 0 Å². The fourth-order valence-electron chi connectivity index (χ4n) is 2.14. The highest BCUT2D eigenvalue weighted by Crippen LogP contribution is 2.10. The molecule has 4 nitrogen and oxygen atoms in total. The Morgan fingerprint density at radius 3 is 2.55 bits per heavy atom. The number of rotatable bonds is 8. The standard InChI is InChI=1S/C16H20N2O2/c1-13-17-16(18-20-13)15(19)12-8-3-2-5-9-14-10-6-4-7-11-14/h4,6-7,10-11H,2-3,5,8-9,12H2,1H3. The normalized spacial score (nSPS) is 10.7. The Balaban J connectivity index is 1.57. The quantitative estimate of drug-likeness (QED) is 0.542. The van der Waals surface area contributed by atoms with Crippen molar-refractivity contribution in [1.82, 2.24) is 10.1 Å². The molecule has 1 aromatic heterocycles. The van der Waals surface area contributed by atoms with Crippen LogP contribution < -0.4 is 0 Å². The maximum atomic E-state index is 11.7. The molecule has 0 radical (unpaired) electrons. The molecule has 4 heteroatoms. The number of aryl methyl sites for hydroxylation is 2. The van der Waals surface area contributed by atoms with Gasteiger partial charge in [-0.3, -0.25) is 4.79 Å². The van der Waals surface area contributed by atoms with E-state index in [1.807, 2.05) is 6.07 Å². The molecule has 0 atom stereocenters. The van der Waals surface area contributed by atoms with Gasteiger partial charge in [-0.2, -0.15) is 4.98 Å². The van der Waals surface area contributed by atoms with Crippen LogP contribution in [0, 0.1) is 6.92 Å². The average Bonchev–Trinajstić information content (AvgIpc) is 2.90. The predicted octanol–water partition coefficient (Wildman–Crippen LogP) is 3.75. The minimum Gasteiger partial charge on any atom is -0.339 e. The van der Waals surface area contributed by atoms with Gasteiger partial charge in [-0.25, -0.2) is 0 Å². The van der Waals surface area contributed by atoms with Crippen LogP contribution in [-0.4, -0.2) is 15.9 Å². The number of nitrogens with zero attached hydrogens (tertiary/aromatic N) is 2. The maximum Gasteiger partial charge on any atom is 0.238 e. The third kappa shape index (κ3) is 4.61. The first-order valence-corrected chi connectivity index (χ1v) is 7.13. The predicted molar refractivity (Wildman–Crippen MR) is 76.6 cm³/mol. The van der Waals surface area contributed by atoms with Crippen molar-refractivity contribution in [2.24, 2.45) is 0 Å². The molecule has 2 rings (SSSR count). The van der Waals surface area contributed by atoms with Gasteiger partial charge in [-0.05, 0) is 24.8 Å². The Labute approximate surface area is 119 Å². The molecule has 2 aromatic rings. The van der Waals surface area contributed by atoms with E-state index in [0.717, 1.165) is 25.7 Å². The number of hydrogen-bond acceptors (Lipinski definition) is 4. The van der Waals surface area contributed by atoms with Crippen LogP contribution in [0.1, 0.15) is 54.2 Å². The second-order valence-electron chi connectivity index (χ2n) is 4.96. The maximum absolute atomic E-state index is 11.7. The Morgan fingerprint density at radius 2 is 1.85 bits per heavy atom. The highest BCUT2D eigenvalue weighted by Gasteiger charge is 2.11. The molecule has 0 bridgehead atoms. The van der Waals surface area contributed by atoms with Crippen molar-refractivity contribution >= 4 is 5.78 Å². The molecular weight excluding hydrogens is 252 g/mol. The van der Waals surface area contributed by atoms with Crippen LogP contribution in [0.5, 0.6) is 0 Å². The summed E-state index contributed by atoms with van der Waals surface area (Å²) in [6.07, 6.45) is 5.88. The van der Waals surface area contributed by atoms with Gasteiger partial charge in [0.1, 0.15) is 0 Å². The Kier molecular flexibility index (Phi) is 5.47. The number of Topliss-reactive ketones (excluding diaryl/α,β-unsaturated/α-hetero) is 1. The zero-order valence-electron chi connectivity index (χ0n) is 11.8. The molecule has 20 heavy (non-hydrogen) atoms. The van der Waals surface area contributed by atoms with Crippen molar-refractivity contribution in [3.8, 4) is 0 Å². The number of unbranched alkanes of at least 4 members (excludes halogenated alkanes) is 3. The van der Waals surface area contributed by atoms with E-state index in [1.165, 1.54) is 12.0 Å². The molecule has 0 spiro atoms. The topological polar surface area (TPSA) is 56.0 Å². The largest absolute Gasteiger partial charge is 0.339 e. The van der Waals surface area contributed by atoms with Crippen LogP contribution >= 0.6 is 0 Å². The number of carbonyl (C=O) groups is 1. The van der Waals surface area contributed by atoms with Crippen LogP contribution in [0.2, 0.25) is 0 Å². The van der Waals surface area contributed by atoms with Gasteiger partial charge in [0.05, 0.1) is 0 Å². The van der Waals surface area contributed by atoms with E-state index in [4.69, 9.17) is 4.52 Å². The van der Waals surface area contributed by atoms with E-state index in [9.17, 15) is 4.79 Å². The summed E-state index contributed by atoms with van der Waals surface area (Å²) in [4.78, 5) is 15.7. The molecule has 1 heterocycles. The van der Waals surface area contributed by atoms with Crippen molar-refractivity contribution in [2.45, 2.75) is 45.4 Å². The van der Waals surface area contributed by atoms with Gasteiger partial charge < -0.3 is 4.52 Å². The minimum absolute atomic E-state index is 0.0232. The van der Waals surface area contributed by atoms with Gasteiger partial charge in [0.25, 0.3) is 0 Å². The lowest BCUT2D eigenvalue weighted by molar-refractivity contribution is 0.0966. The second kappa shape index (κ2) is 7.58. The summed E-state index contributed by atoms with van der Waals surface area (Å²) in [6, 6.07) is 10.5. The van der Waals surface area contributed by atoms with Crippen LogP contribution in [0.25, 0.3) is 0 Å². The van der Waals surface area contributed by atoms with Crippen molar-refractivity contribution in [3.63, 3.8) is 0 Å². The van der Waals surface area contributed by atoms with Crippen LogP contribution in [-0.2, 0) is 6.42 Å². The van der Waals surface area contributed by atoms with Gasteiger partial charge >= 0.3 is 0 Å². The van der Waals surface area contributed by atoms with Gasteiger partial charge in [-0.1, -0.05) is 48.3 Å². The van der Waals surface area contributed by atoms with Gasteiger partial charge in [0.2, 0.25) is 17.5 Å². The monoisotopic (exact) mass is 272 g/mol. The smallest absolute Gasteiger partial charge is 0.238 e. The SMILES string of the molecule is Cc1nc(C(=O)CCCCCCc2ccccc2)no1. The number of ketones is 1. The summed E-state index contributed by atoms with van der Waals surface area (Å²) >= 11 is 0. The summed E-state index contributed by atoms with van der Waals surface area (Å²) in [5, 5.41) is 3.63. The van der Waals surface area contributed by atoms with Gasteiger partial charge in [0.15, 0.2) is 0 Å². The fourth-order valence-corrected chi connectivity index (χ4v) is 2.14. The lowest BCUT2D eigenvalue weighted by Gasteiger charge is -2.01. The average molecular weight is 272 g/mol. The lowest BCUT2D eigenvalue weighted by Crippen LogP contribution is -2.01. The van der Waals surface area contributed by atoms with Crippen molar-refractivity contribution in [1.29, 1.82) is 0 Å². The molecule has 0 N–H and O–H groups in total. The van der Waals surface area contributed by atoms with Crippen LogP contribution in [0.15, 0.2) is 34.9 Å². The summed E-state index contributed by atoms with van der Waals surface area (Å²) in [5.41, 5.74) is 1.38. The molecule has 0 fully saturated rings. The third-order valence-electron chi connectivity index (χ3n) is 3.24. The van der Waals surface area contributed by atoms with E-state index in [2.05, 4.69) is 34.4 Å². The molecule has 0 amide bonds. The highest BCUT2D eigenvalue weighted by molar-refractivity contribution is 5.92. The number of benzene rings is 1. The molecule has 106 valence electrons.